The Morgan fingerprint density at radius 2 is 1.89 bits per heavy atom. The number of methoxy groups -OCH3 is 1. The van der Waals surface area contributed by atoms with E-state index in [0.717, 1.165) is 12.1 Å². The number of amides is 2. The van der Waals surface area contributed by atoms with Crippen molar-refractivity contribution in [2.24, 2.45) is 0 Å². The van der Waals surface area contributed by atoms with E-state index in [1.807, 2.05) is 0 Å². The number of carbonyl (C=O) groups excluding carboxylic acids is 2. The van der Waals surface area contributed by atoms with Crippen LogP contribution in [0.3, 0.4) is 0 Å². The lowest BCUT2D eigenvalue weighted by molar-refractivity contribution is -0.138. The summed E-state index contributed by atoms with van der Waals surface area (Å²) in [6.45, 7) is 1.68. The number of anilines is 1. The molecule has 1 N–H and O–H groups in total. The molecule has 35 heavy (non-hydrogen) atoms. The predicted octanol–water partition coefficient (Wildman–Crippen LogP) is 5.28. The molecule has 1 aliphatic rings. The molecule has 0 spiro atoms. The minimum Gasteiger partial charge on any atom is -0.497 e. The van der Waals surface area contributed by atoms with Crippen LogP contribution in [0.1, 0.15) is 34.0 Å². The molecule has 3 aromatic rings. The summed E-state index contributed by atoms with van der Waals surface area (Å²) in [4.78, 5) is 27.0. The summed E-state index contributed by atoms with van der Waals surface area (Å²) < 4.78 is 50.3. The molecule has 0 bridgehead atoms. The van der Waals surface area contributed by atoms with Crippen molar-refractivity contribution in [3.05, 3.63) is 89.0 Å². The average molecular weight is 484 g/mol. The first-order chi connectivity index (χ1) is 16.6. The van der Waals surface area contributed by atoms with Crippen LogP contribution in [0.25, 0.3) is 0 Å². The predicted molar refractivity (Wildman–Crippen MR) is 123 cm³/mol. The molecule has 0 aromatic heterocycles. The summed E-state index contributed by atoms with van der Waals surface area (Å²) in [6, 6.07) is 16.6. The van der Waals surface area contributed by atoms with E-state index in [1.165, 1.54) is 18.1 Å². The van der Waals surface area contributed by atoms with E-state index in [2.05, 4.69) is 5.32 Å². The standard InChI is InChI=1S/C26H23F3N2O4/c1-16-25(33)31(14-17-5-3-7-20(11-17)26(27,28)29)15-19-12-21(9-10-23(19)35-16)30-24(32)18-6-4-8-22(13-18)34-2/h3-13,16H,14-15H2,1-2H3,(H,30,32). The van der Waals surface area contributed by atoms with Gasteiger partial charge in [0, 0.05) is 29.9 Å². The van der Waals surface area contributed by atoms with Gasteiger partial charge in [-0.3, -0.25) is 9.59 Å². The van der Waals surface area contributed by atoms with E-state index in [4.69, 9.17) is 9.47 Å². The Kier molecular flexibility index (Phi) is 6.68. The Bertz CT molecular complexity index is 1260. The maximum absolute atomic E-state index is 13.1. The van der Waals surface area contributed by atoms with E-state index in [-0.39, 0.29) is 24.9 Å². The van der Waals surface area contributed by atoms with Gasteiger partial charge in [0.1, 0.15) is 11.5 Å². The van der Waals surface area contributed by atoms with Crippen LogP contribution in [0, 0.1) is 0 Å². The number of carbonyl (C=O) groups is 2. The number of nitrogens with zero attached hydrogens (tertiary/aromatic N) is 1. The Morgan fingerprint density at radius 3 is 2.63 bits per heavy atom. The number of hydrogen-bond acceptors (Lipinski definition) is 4. The molecule has 1 heterocycles. The third kappa shape index (κ3) is 5.56. The normalized spacial score (nSPS) is 15.6. The van der Waals surface area contributed by atoms with Crippen molar-refractivity contribution >= 4 is 17.5 Å². The maximum Gasteiger partial charge on any atom is 0.416 e. The first-order valence-corrected chi connectivity index (χ1v) is 10.8. The fourth-order valence-corrected chi connectivity index (χ4v) is 3.85. The van der Waals surface area contributed by atoms with Gasteiger partial charge in [-0.15, -0.1) is 0 Å². The highest BCUT2D eigenvalue weighted by atomic mass is 19.4. The summed E-state index contributed by atoms with van der Waals surface area (Å²) in [6.07, 6.45) is -5.29. The smallest absolute Gasteiger partial charge is 0.416 e. The molecule has 182 valence electrons. The van der Waals surface area contributed by atoms with Gasteiger partial charge in [0.15, 0.2) is 6.10 Å². The van der Waals surface area contributed by atoms with Crippen molar-refractivity contribution in [1.29, 1.82) is 0 Å². The number of fused-ring (bicyclic) bond motifs is 1. The van der Waals surface area contributed by atoms with Crippen molar-refractivity contribution in [2.45, 2.75) is 32.3 Å². The average Bonchev–Trinajstić information content (AvgIpc) is 2.95. The number of nitrogens with one attached hydrogen (secondary N) is 1. The molecule has 6 nitrogen and oxygen atoms in total. The van der Waals surface area contributed by atoms with E-state index in [9.17, 15) is 22.8 Å². The molecular formula is C26H23F3N2O4. The van der Waals surface area contributed by atoms with Gasteiger partial charge >= 0.3 is 6.18 Å². The van der Waals surface area contributed by atoms with Crippen molar-refractivity contribution in [1.82, 2.24) is 4.90 Å². The fraction of sp³-hybridized carbons (Fsp3) is 0.231. The number of rotatable bonds is 5. The molecule has 0 fully saturated rings. The van der Waals surface area contributed by atoms with Crippen LogP contribution in [-0.2, 0) is 24.1 Å². The fourth-order valence-electron chi connectivity index (χ4n) is 3.85. The molecule has 2 amide bonds. The third-order valence-electron chi connectivity index (χ3n) is 5.60. The van der Waals surface area contributed by atoms with Crippen LogP contribution in [0.2, 0.25) is 0 Å². The van der Waals surface area contributed by atoms with Gasteiger partial charge in [0.25, 0.3) is 11.8 Å². The highest BCUT2D eigenvalue weighted by molar-refractivity contribution is 6.04. The molecule has 1 unspecified atom stereocenters. The molecular weight excluding hydrogens is 461 g/mol. The summed E-state index contributed by atoms with van der Waals surface area (Å²) in [5, 5.41) is 2.81. The molecule has 9 heteroatoms. The Balaban J connectivity index is 1.56. The zero-order valence-corrected chi connectivity index (χ0v) is 19.1. The van der Waals surface area contributed by atoms with Gasteiger partial charge in [0.05, 0.1) is 12.7 Å². The molecule has 0 saturated carbocycles. The van der Waals surface area contributed by atoms with Crippen molar-refractivity contribution in [3.8, 4) is 11.5 Å². The summed E-state index contributed by atoms with van der Waals surface area (Å²) in [7, 11) is 1.51. The van der Waals surface area contributed by atoms with E-state index in [0.29, 0.717) is 33.9 Å². The highest BCUT2D eigenvalue weighted by Gasteiger charge is 2.32. The maximum atomic E-state index is 13.1. The van der Waals surface area contributed by atoms with Crippen LogP contribution >= 0.6 is 0 Å². The highest BCUT2D eigenvalue weighted by Crippen LogP contribution is 2.32. The zero-order valence-electron chi connectivity index (χ0n) is 19.1. The molecule has 3 aromatic carbocycles. The first kappa shape index (κ1) is 24.1. The van der Waals surface area contributed by atoms with Gasteiger partial charge in [0.2, 0.25) is 0 Å². The van der Waals surface area contributed by atoms with E-state index >= 15 is 0 Å². The minimum absolute atomic E-state index is 0.0176. The van der Waals surface area contributed by atoms with Gasteiger partial charge in [-0.1, -0.05) is 18.2 Å². The van der Waals surface area contributed by atoms with Crippen LogP contribution in [0.5, 0.6) is 11.5 Å². The van der Waals surface area contributed by atoms with Gasteiger partial charge in [-0.05, 0) is 61.0 Å². The Hall–Kier alpha value is -4.01. The summed E-state index contributed by atoms with van der Waals surface area (Å²) >= 11 is 0. The number of ether oxygens (including phenoxy) is 2. The molecule has 0 radical (unpaired) electrons. The van der Waals surface area contributed by atoms with Crippen LogP contribution in [-0.4, -0.2) is 29.9 Å². The third-order valence-corrected chi connectivity index (χ3v) is 5.60. The first-order valence-electron chi connectivity index (χ1n) is 10.8. The largest absolute Gasteiger partial charge is 0.497 e. The summed E-state index contributed by atoms with van der Waals surface area (Å²) in [5.41, 5.74) is 1.10. The zero-order chi connectivity index (χ0) is 25.2. The van der Waals surface area contributed by atoms with Crippen LogP contribution < -0.4 is 14.8 Å². The minimum atomic E-state index is -4.47. The number of benzene rings is 3. The van der Waals surface area contributed by atoms with Crippen LogP contribution in [0.4, 0.5) is 18.9 Å². The molecule has 0 saturated heterocycles. The Labute approximate surface area is 200 Å². The van der Waals surface area contributed by atoms with Crippen molar-refractivity contribution in [3.63, 3.8) is 0 Å². The van der Waals surface area contributed by atoms with E-state index in [1.54, 1.807) is 55.5 Å². The second-order valence-corrected chi connectivity index (χ2v) is 8.16. The molecule has 4 rings (SSSR count). The Morgan fingerprint density at radius 1 is 1.11 bits per heavy atom. The van der Waals surface area contributed by atoms with E-state index < -0.39 is 17.8 Å². The topological polar surface area (TPSA) is 67.9 Å². The second-order valence-electron chi connectivity index (χ2n) is 8.16. The SMILES string of the molecule is COc1cccc(C(=O)Nc2ccc3c(c2)CN(Cc2cccc(C(F)(F)F)c2)C(=O)C(C)O3)c1. The lowest BCUT2D eigenvalue weighted by atomic mass is 10.1. The molecule has 1 aliphatic heterocycles. The number of hydrogen-bond donors (Lipinski definition) is 1. The van der Waals surface area contributed by atoms with Gasteiger partial charge in [-0.25, -0.2) is 0 Å². The van der Waals surface area contributed by atoms with Gasteiger partial charge in [-0.2, -0.15) is 13.2 Å². The van der Waals surface area contributed by atoms with Crippen molar-refractivity contribution in [2.75, 3.05) is 12.4 Å². The molecule has 1 atom stereocenters. The molecule has 0 aliphatic carbocycles. The lowest BCUT2D eigenvalue weighted by Gasteiger charge is -2.22. The second kappa shape index (κ2) is 9.69. The van der Waals surface area contributed by atoms with Crippen LogP contribution in [0.15, 0.2) is 66.7 Å². The monoisotopic (exact) mass is 484 g/mol. The quantitative estimate of drug-likeness (QED) is 0.536. The lowest BCUT2D eigenvalue weighted by Crippen LogP contribution is -2.37. The summed E-state index contributed by atoms with van der Waals surface area (Å²) in [5.74, 6) is 0.326. The number of halogens is 3. The van der Waals surface area contributed by atoms with Crippen molar-refractivity contribution < 1.29 is 32.2 Å². The number of alkyl halides is 3. The van der Waals surface area contributed by atoms with Gasteiger partial charge < -0.3 is 19.7 Å².